The first-order valence-electron chi connectivity index (χ1n) is 8.39. The zero-order valence-corrected chi connectivity index (χ0v) is 12.7. The largest absolute Gasteiger partial charge is 0.319 e. The first-order valence-corrected chi connectivity index (χ1v) is 8.39. The highest BCUT2D eigenvalue weighted by molar-refractivity contribution is 5.88. The van der Waals surface area contributed by atoms with Gasteiger partial charge in [0, 0.05) is 29.2 Å². The van der Waals surface area contributed by atoms with E-state index < -0.39 is 0 Å². The summed E-state index contributed by atoms with van der Waals surface area (Å²) in [6.45, 7) is 4.89. The fraction of sp³-hybridized carbons (Fsp3) is 0.474. The third-order valence-corrected chi connectivity index (χ3v) is 6.18. The Morgan fingerprint density at radius 2 is 2.14 bits per heavy atom. The Bertz CT molecular complexity index is 754. The third-order valence-electron chi connectivity index (χ3n) is 6.18. The number of hydrogen-bond donors (Lipinski definition) is 0. The molecule has 3 aliphatic heterocycles. The number of nitrogens with zero attached hydrogens (tertiary/aromatic N) is 2. The maximum Gasteiger partial charge on any atom is 0.0599 e. The van der Waals surface area contributed by atoms with Gasteiger partial charge in [0.25, 0.3) is 0 Å². The minimum Gasteiger partial charge on any atom is -0.319 e. The topological polar surface area (TPSA) is 8.17 Å². The molecular formula is C19H22N2. The van der Waals surface area contributed by atoms with E-state index in [0.29, 0.717) is 11.5 Å². The molecule has 0 bridgehead atoms. The van der Waals surface area contributed by atoms with Gasteiger partial charge in [0.1, 0.15) is 0 Å². The van der Waals surface area contributed by atoms with Crippen LogP contribution in [0.2, 0.25) is 0 Å². The number of hydrogen-bond acceptors (Lipinski definition) is 1. The van der Waals surface area contributed by atoms with E-state index in [4.69, 9.17) is 0 Å². The molecule has 0 unspecified atom stereocenters. The maximum absolute atomic E-state index is 2.76. The highest BCUT2D eigenvalue weighted by Gasteiger charge is 2.48. The Labute approximate surface area is 126 Å². The number of benzene rings is 1. The SMILES string of the molecule is CC[C@@]12C=Cn3c4c(c5ccccc53)CCN(CCC1)[C@H]42. The molecule has 5 rings (SSSR count). The first-order chi connectivity index (χ1) is 10.3. The summed E-state index contributed by atoms with van der Waals surface area (Å²) in [5, 5.41) is 1.48. The van der Waals surface area contributed by atoms with Crippen molar-refractivity contribution in [3.63, 3.8) is 0 Å². The molecule has 108 valence electrons. The second-order valence-corrected chi connectivity index (χ2v) is 6.95. The molecule has 1 aromatic heterocycles. The fourth-order valence-electron chi connectivity index (χ4n) is 5.14. The summed E-state index contributed by atoms with van der Waals surface area (Å²) in [6, 6.07) is 9.57. The summed E-state index contributed by atoms with van der Waals surface area (Å²) in [6.07, 6.45) is 10.1. The van der Waals surface area contributed by atoms with Gasteiger partial charge >= 0.3 is 0 Å². The molecular weight excluding hydrogens is 256 g/mol. The maximum atomic E-state index is 2.76. The third kappa shape index (κ3) is 1.37. The summed E-state index contributed by atoms with van der Waals surface area (Å²) >= 11 is 0. The van der Waals surface area contributed by atoms with E-state index in [1.54, 1.807) is 11.3 Å². The lowest BCUT2D eigenvalue weighted by molar-refractivity contribution is 0.0278. The number of piperidine rings is 1. The van der Waals surface area contributed by atoms with Crippen LogP contribution >= 0.6 is 0 Å². The van der Waals surface area contributed by atoms with Crippen LogP contribution in [0.25, 0.3) is 17.1 Å². The monoisotopic (exact) mass is 278 g/mol. The van der Waals surface area contributed by atoms with Gasteiger partial charge in [-0.1, -0.05) is 31.2 Å². The lowest BCUT2D eigenvalue weighted by Gasteiger charge is -2.52. The van der Waals surface area contributed by atoms with E-state index >= 15 is 0 Å². The van der Waals surface area contributed by atoms with Crippen molar-refractivity contribution in [2.45, 2.75) is 38.6 Å². The summed E-state index contributed by atoms with van der Waals surface area (Å²) in [5.74, 6) is 0. The highest BCUT2D eigenvalue weighted by Crippen LogP contribution is 2.55. The molecule has 3 aliphatic rings. The van der Waals surface area contributed by atoms with Crippen LogP contribution in [0.15, 0.2) is 30.3 Å². The Hall–Kier alpha value is -1.54. The minimum absolute atomic E-state index is 0.373. The van der Waals surface area contributed by atoms with Crippen LogP contribution in [0.5, 0.6) is 0 Å². The lowest BCUT2D eigenvalue weighted by Crippen LogP contribution is -2.50. The van der Waals surface area contributed by atoms with Crippen molar-refractivity contribution >= 4 is 17.1 Å². The number of fused-ring (bicyclic) bond motifs is 3. The minimum atomic E-state index is 0.373. The van der Waals surface area contributed by atoms with Gasteiger partial charge < -0.3 is 4.57 Å². The van der Waals surface area contributed by atoms with E-state index in [1.807, 2.05) is 0 Å². The Balaban J connectivity index is 1.86. The van der Waals surface area contributed by atoms with E-state index in [-0.39, 0.29) is 0 Å². The van der Waals surface area contributed by atoms with Gasteiger partial charge in [-0.25, -0.2) is 0 Å². The van der Waals surface area contributed by atoms with Crippen LogP contribution in [0.1, 0.15) is 43.5 Å². The fourth-order valence-corrected chi connectivity index (χ4v) is 5.14. The van der Waals surface area contributed by atoms with Gasteiger partial charge in [-0.15, -0.1) is 0 Å². The Kier molecular flexibility index (Phi) is 2.30. The predicted molar refractivity (Wildman–Crippen MR) is 87.2 cm³/mol. The summed E-state index contributed by atoms with van der Waals surface area (Å²) in [5.41, 5.74) is 5.00. The summed E-state index contributed by atoms with van der Waals surface area (Å²) in [7, 11) is 0. The van der Waals surface area contributed by atoms with Crippen molar-refractivity contribution in [3.8, 4) is 0 Å². The molecule has 0 saturated carbocycles. The van der Waals surface area contributed by atoms with E-state index in [0.717, 1.165) is 0 Å². The van der Waals surface area contributed by atoms with Crippen molar-refractivity contribution in [3.05, 3.63) is 41.6 Å². The zero-order valence-electron chi connectivity index (χ0n) is 12.7. The van der Waals surface area contributed by atoms with Crippen LogP contribution in [-0.2, 0) is 6.42 Å². The molecule has 1 saturated heterocycles. The Morgan fingerprint density at radius 1 is 1.24 bits per heavy atom. The molecule has 2 nitrogen and oxygen atoms in total. The van der Waals surface area contributed by atoms with Crippen molar-refractivity contribution in [2.24, 2.45) is 5.41 Å². The highest BCUT2D eigenvalue weighted by atomic mass is 15.2. The van der Waals surface area contributed by atoms with Crippen molar-refractivity contribution in [1.82, 2.24) is 9.47 Å². The molecule has 0 aliphatic carbocycles. The molecule has 2 aromatic rings. The molecule has 21 heavy (non-hydrogen) atoms. The normalized spacial score (nSPS) is 30.6. The molecule has 0 spiro atoms. The molecule has 1 aromatic carbocycles. The first kappa shape index (κ1) is 12.0. The Morgan fingerprint density at radius 3 is 3.05 bits per heavy atom. The quantitative estimate of drug-likeness (QED) is 0.758. The lowest BCUT2D eigenvalue weighted by atomic mass is 9.67. The number of para-hydroxylation sites is 1. The van der Waals surface area contributed by atoms with Crippen LogP contribution < -0.4 is 0 Å². The number of aromatic nitrogens is 1. The van der Waals surface area contributed by atoms with Gasteiger partial charge in [0.05, 0.1) is 11.6 Å². The average molecular weight is 278 g/mol. The second kappa shape index (κ2) is 4.01. The van der Waals surface area contributed by atoms with Crippen LogP contribution in [0.4, 0.5) is 0 Å². The molecule has 0 N–H and O–H groups in total. The number of rotatable bonds is 1. The van der Waals surface area contributed by atoms with Gasteiger partial charge in [-0.3, -0.25) is 4.90 Å². The summed E-state index contributed by atoms with van der Waals surface area (Å²) < 4.78 is 2.49. The molecule has 0 amide bonds. The zero-order chi connectivity index (χ0) is 14.0. The van der Waals surface area contributed by atoms with Gasteiger partial charge in [0.2, 0.25) is 0 Å². The molecule has 4 heterocycles. The van der Waals surface area contributed by atoms with Crippen LogP contribution in [-0.4, -0.2) is 22.6 Å². The molecule has 0 radical (unpaired) electrons. The van der Waals surface area contributed by atoms with E-state index in [9.17, 15) is 0 Å². The van der Waals surface area contributed by atoms with Crippen LogP contribution in [0, 0.1) is 5.41 Å². The second-order valence-electron chi connectivity index (χ2n) is 6.95. The van der Waals surface area contributed by atoms with E-state index in [2.05, 4.69) is 52.9 Å². The average Bonchev–Trinajstić information content (AvgIpc) is 2.88. The smallest absolute Gasteiger partial charge is 0.0599 e. The predicted octanol–water partition coefficient (Wildman–Crippen LogP) is 4.22. The molecule has 2 atom stereocenters. The summed E-state index contributed by atoms with van der Waals surface area (Å²) in [4.78, 5) is 2.76. The van der Waals surface area contributed by atoms with Crippen LogP contribution in [0.3, 0.4) is 0 Å². The van der Waals surface area contributed by atoms with E-state index in [1.165, 1.54) is 49.7 Å². The van der Waals surface area contributed by atoms with Crippen molar-refractivity contribution in [2.75, 3.05) is 13.1 Å². The van der Waals surface area contributed by atoms with Crippen molar-refractivity contribution in [1.29, 1.82) is 0 Å². The standard InChI is InChI=1S/C19H22N2/c1-2-19-9-5-11-20-12-8-15-14-6-3-4-7-16(14)21(13-10-19)17(15)18(19)20/h3-4,6-7,10,13,18H,2,5,8-9,11-12H2,1H3/t18-,19+/m1/s1. The molecule has 1 fully saturated rings. The van der Waals surface area contributed by atoms with Gasteiger partial charge in [-0.2, -0.15) is 0 Å². The van der Waals surface area contributed by atoms with Gasteiger partial charge in [0.15, 0.2) is 0 Å². The molecule has 2 heteroatoms. The van der Waals surface area contributed by atoms with Crippen molar-refractivity contribution < 1.29 is 0 Å². The van der Waals surface area contributed by atoms with Gasteiger partial charge in [-0.05, 0) is 43.9 Å².